The van der Waals surface area contributed by atoms with Crippen LogP contribution in [0.3, 0.4) is 0 Å². The fraction of sp³-hybridized carbons (Fsp3) is 0.462. The summed E-state index contributed by atoms with van der Waals surface area (Å²) in [5.74, 6) is 1.69. The molecule has 7 heteroatoms. The van der Waals surface area contributed by atoms with Gasteiger partial charge in [-0.2, -0.15) is 4.98 Å². The second-order valence-corrected chi connectivity index (χ2v) is 9.23. The predicted molar refractivity (Wildman–Crippen MR) is 139 cm³/mol. The summed E-state index contributed by atoms with van der Waals surface area (Å²) in [5.41, 5.74) is 9.17. The highest BCUT2D eigenvalue weighted by atomic mass is 15.2. The highest BCUT2D eigenvalue weighted by Crippen LogP contribution is 2.26. The summed E-state index contributed by atoms with van der Waals surface area (Å²) in [7, 11) is 6.14. The Balaban J connectivity index is 1.28. The van der Waals surface area contributed by atoms with Crippen LogP contribution in [0.5, 0.6) is 0 Å². The van der Waals surface area contributed by atoms with E-state index in [0.717, 1.165) is 61.4 Å². The Morgan fingerprint density at radius 1 is 0.909 bits per heavy atom. The maximum absolute atomic E-state index is 5.66. The van der Waals surface area contributed by atoms with Crippen LogP contribution in [-0.2, 0) is 6.54 Å². The fourth-order valence-electron chi connectivity index (χ4n) is 4.54. The van der Waals surface area contributed by atoms with Gasteiger partial charge in [-0.05, 0) is 55.5 Å². The summed E-state index contributed by atoms with van der Waals surface area (Å²) in [5, 5.41) is 8.43. The second-order valence-electron chi connectivity index (χ2n) is 9.23. The van der Waals surface area contributed by atoms with Crippen molar-refractivity contribution >= 4 is 28.4 Å². The van der Waals surface area contributed by atoms with Gasteiger partial charge in [-0.3, -0.25) is 0 Å². The summed E-state index contributed by atoms with van der Waals surface area (Å²) >= 11 is 0. The molecular weight excluding hydrogens is 410 g/mol. The van der Waals surface area contributed by atoms with E-state index in [1.807, 2.05) is 26.2 Å². The molecule has 0 unspecified atom stereocenters. The Morgan fingerprint density at radius 3 is 2.30 bits per heavy atom. The Hall–Kier alpha value is -2.90. The van der Waals surface area contributed by atoms with E-state index in [9.17, 15) is 0 Å². The fourth-order valence-corrected chi connectivity index (χ4v) is 4.54. The quantitative estimate of drug-likeness (QED) is 0.462. The van der Waals surface area contributed by atoms with Gasteiger partial charge in [0.25, 0.3) is 0 Å². The number of anilines is 3. The standard InChI is InChI=1S/C26H37N7/c1-32(2)25-23-6-4-5-7-24(23)30-26(31-25)29-21-12-10-20(11-13-21)28-18-19-8-14-22(15-9-19)33(3)17-16-27/h4-9,14-15,20-21,28H,10-13,16-18,27H2,1-3H3,(H,29,30,31). The van der Waals surface area contributed by atoms with Crippen molar-refractivity contribution < 1.29 is 0 Å². The van der Waals surface area contributed by atoms with Crippen LogP contribution in [-0.4, -0.2) is 56.3 Å². The molecule has 0 spiro atoms. The average molecular weight is 448 g/mol. The molecule has 1 fully saturated rings. The summed E-state index contributed by atoms with van der Waals surface area (Å²) in [6.07, 6.45) is 4.55. The topological polar surface area (TPSA) is 82.3 Å². The van der Waals surface area contributed by atoms with Crippen LogP contribution < -0.4 is 26.2 Å². The largest absolute Gasteiger partial charge is 0.373 e. The number of hydrogen-bond acceptors (Lipinski definition) is 7. The number of nitrogens with two attached hydrogens (primary N) is 1. The van der Waals surface area contributed by atoms with Gasteiger partial charge in [-0.1, -0.05) is 24.3 Å². The van der Waals surface area contributed by atoms with Crippen molar-refractivity contribution in [2.24, 2.45) is 5.73 Å². The maximum Gasteiger partial charge on any atom is 0.225 e. The number of rotatable bonds is 9. The minimum absolute atomic E-state index is 0.414. The first kappa shape index (κ1) is 23.3. The van der Waals surface area contributed by atoms with Crippen LogP contribution in [0.2, 0.25) is 0 Å². The van der Waals surface area contributed by atoms with Crippen molar-refractivity contribution in [3.8, 4) is 0 Å². The molecule has 1 heterocycles. The van der Waals surface area contributed by atoms with Gasteiger partial charge in [0.15, 0.2) is 0 Å². The highest BCUT2D eigenvalue weighted by molar-refractivity contribution is 5.90. The zero-order valence-electron chi connectivity index (χ0n) is 20.1. The number of likely N-dealkylation sites (N-methyl/N-ethyl adjacent to an activating group) is 1. The zero-order valence-corrected chi connectivity index (χ0v) is 20.1. The third kappa shape index (κ3) is 5.92. The van der Waals surface area contributed by atoms with Gasteiger partial charge >= 0.3 is 0 Å². The molecule has 1 saturated carbocycles. The lowest BCUT2D eigenvalue weighted by atomic mass is 9.91. The molecule has 0 aliphatic heterocycles. The van der Waals surface area contributed by atoms with E-state index < -0.39 is 0 Å². The number of nitrogens with one attached hydrogen (secondary N) is 2. The summed E-state index contributed by atoms with van der Waals surface area (Å²) in [4.78, 5) is 13.8. The minimum Gasteiger partial charge on any atom is -0.373 e. The molecule has 7 nitrogen and oxygen atoms in total. The van der Waals surface area contributed by atoms with Crippen molar-refractivity contribution in [2.75, 3.05) is 49.3 Å². The molecule has 0 saturated heterocycles. The molecule has 1 aromatic heterocycles. The van der Waals surface area contributed by atoms with Crippen molar-refractivity contribution in [1.82, 2.24) is 15.3 Å². The molecule has 4 N–H and O–H groups in total. The molecule has 33 heavy (non-hydrogen) atoms. The van der Waals surface area contributed by atoms with Crippen LogP contribution in [0.25, 0.3) is 10.9 Å². The molecule has 3 aromatic rings. The summed E-state index contributed by atoms with van der Waals surface area (Å²) in [6, 6.07) is 17.9. The first-order valence-corrected chi connectivity index (χ1v) is 12.0. The normalized spacial score (nSPS) is 18.3. The monoisotopic (exact) mass is 447 g/mol. The van der Waals surface area contributed by atoms with E-state index in [0.29, 0.717) is 18.6 Å². The van der Waals surface area contributed by atoms with Crippen LogP contribution in [0.1, 0.15) is 31.2 Å². The molecule has 176 valence electrons. The van der Waals surface area contributed by atoms with Gasteiger partial charge in [-0.15, -0.1) is 0 Å². The number of aromatic nitrogens is 2. The third-order valence-corrected chi connectivity index (χ3v) is 6.50. The molecule has 0 atom stereocenters. The SMILES string of the molecule is CN(C)c1nc(NC2CCC(NCc3ccc(N(C)CCN)cc3)CC2)nc2ccccc12. The molecule has 2 aromatic carbocycles. The lowest BCUT2D eigenvalue weighted by Gasteiger charge is -2.30. The first-order valence-electron chi connectivity index (χ1n) is 12.0. The van der Waals surface area contributed by atoms with Crippen LogP contribution >= 0.6 is 0 Å². The molecule has 4 rings (SSSR count). The van der Waals surface area contributed by atoms with Crippen molar-refractivity contribution in [3.05, 3.63) is 54.1 Å². The van der Waals surface area contributed by atoms with E-state index in [1.54, 1.807) is 0 Å². The molecule has 1 aliphatic carbocycles. The Labute approximate surface area is 197 Å². The molecular formula is C26H37N7. The van der Waals surface area contributed by atoms with Crippen LogP contribution in [0.4, 0.5) is 17.5 Å². The summed E-state index contributed by atoms with van der Waals surface area (Å²) in [6.45, 7) is 2.44. The zero-order chi connectivity index (χ0) is 23.2. The lowest BCUT2D eigenvalue weighted by molar-refractivity contribution is 0.352. The molecule has 1 aliphatic rings. The molecule has 0 bridgehead atoms. The van der Waals surface area contributed by atoms with Crippen molar-refractivity contribution in [3.63, 3.8) is 0 Å². The Bertz CT molecular complexity index is 1030. The van der Waals surface area contributed by atoms with Gasteiger partial charge in [0, 0.05) is 63.9 Å². The smallest absolute Gasteiger partial charge is 0.225 e. The number of nitrogens with zero attached hydrogens (tertiary/aromatic N) is 4. The molecule has 0 radical (unpaired) electrons. The first-order chi connectivity index (χ1) is 16.0. The van der Waals surface area contributed by atoms with Gasteiger partial charge in [-0.25, -0.2) is 4.98 Å². The second kappa shape index (κ2) is 10.8. The van der Waals surface area contributed by atoms with Gasteiger partial charge in [0.05, 0.1) is 5.52 Å². The van der Waals surface area contributed by atoms with E-state index in [4.69, 9.17) is 15.7 Å². The number of fused-ring (bicyclic) bond motifs is 1. The Kier molecular flexibility index (Phi) is 7.62. The van der Waals surface area contributed by atoms with Crippen LogP contribution in [0, 0.1) is 0 Å². The van der Waals surface area contributed by atoms with Gasteiger partial charge < -0.3 is 26.2 Å². The third-order valence-electron chi connectivity index (χ3n) is 6.50. The van der Waals surface area contributed by atoms with Gasteiger partial charge in [0.1, 0.15) is 5.82 Å². The number of benzene rings is 2. The van der Waals surface area contributed by atoms with Crippen molar-refractivity contribution in [1.29, 1.82) is 0 Å². The lowest BCUT2D eigenvalue weighted by Crippen LogP contribution is -2.37. The van der Waals surface area contributed by atoms with Crippen molar-refractivity contribution in [2.45, 2.75) is 44.3 Å². The van der Waals surface area contributed by atoms with Gasteiger partial charge in [0.2, 0.25) is 5.95 Å². The number of hydrogen-bond donors (Lipinski definition) is 3. The Morgan fingerprint density at radius 2 is 1.61 bits per heavy atom. The number of para-hydroxylation sites is 1. The van der Waals surface area contributed by atoms with Crippen LogP contribution in [0.15, 0.2) is 48.5 Å². The summed E-state index contributed by atoms with van der Waals surface area (Å²) < 4.78 is 0. The maximum atomic E-state index is 5.66. The van der Waals surface area contributed by atoms with E-state index in [1.165, 1.54) is 11.3 Å². The highest BCUT2D eigenvalue weighted by Gasteiger charge is 2.22. The predicted octanol–water partition coefficient (Wildman–Crippen LogP) is 3.60. The minimum atomic E-state index is 0.414. The van der Waals surface area contributed by atoms with E-state index in [-0.39, 0.29) is 0 Å². The van der Waals surface area contributed by atoms with E-state index >= 15 is 0 Å². The average Bonchev–Trinajstić information content (AvgIpc) is 2.83. The van der Waals surface area contributed by atoms with E-state index in [2.05, 4.69) is 63.9 Å². The molecule has 0 amide bonds.